The van der Waals surface area contributed by atoms with Gasteiger partial charge in [0.2, 0.25) is 5.91 Å². The van der Waals surface area contributed by atoms with E-state index in [-0.39, 0.29) is 16.8 Å². The van der Waals surface area contributed by atoms with Gasteiger partial charge < -0.3 is 5.32 Å². The molecule has 0 aromatic heterocycles. The smallest absolute Gasteiger partial charge is 0.233 e. The van der Waals surface area contributed by atoms with Crippen molar-refractivity contribution in [1.82, 2.24) is 5.32 Å². The van der Waals surface area contributed by atoms with Crippen molar-refractivity contribution in [2.24, 2.45) is 0 Å². The molecule has 1 aromatic rings. The van der Waals surface area contributed by atoms with Gasteiger partial charge in [-0.1, -0.05) is 46.3 Å². The highest BCUT2D eigenvalue weighted by Gasteiger charge is 2.11. The van der Waals surface area contributed by atoms with Gasteiger partial charge in [0.25, 0.3) is 0 Å². The van der Waals surface area contributed by atoms with E-state index in [4.69, 9.17) is 0 Å². The van der Waals surface area contributed by atoms with E-state index in [1.54, 1.807) is 0 Å². The molecule has 0 bridgehead atoms. The predicted molar refractivity (Wildman–Crippen MR) is 66.1 cm³/mol. The maximum absolute atomic E-state index is 11.4. The maximum Gasteiger partial charge on any atom is 0.233 e. The van der Waals surface area contributed by atoms with Crippen LogP contribution in [0.1, 0.15) is 19.4 Å². The summed E-state index contributed by atoms with van der Waals surface area (Å²) in [5.41, 5.74) is 1.24. The maximum atomic E-state index is 11.4. The topological polar surface area (TPSA) is 29.1 Å². The summed E-state index contributed by atoms with van der Waals surface area (Å²) in [6, 6.07) is 10.3. The molecule has 0 saturated carbocycles. The van der Waals surface area contributed by atoms with Crippen LogP contribution in [-0.4, -0.2) is 16.8 Å². The van der Waals surface area contributed by atoms with Gasteiger partial charge in [-0.3, -0.25) is 4.79 Å². The van der Waals surface area contributed by atoms with Gasteiger partial charge in [-0.25, -0.2) is 0 Å². The van der Waals surface area contributed by atoms with Crippen LogP contribution in [0.2, 0.25) is 0 Å². The van der Waals surface area contributed by atoms with E-state index in [0.717, 1.165) is 6.42 Å². The average molecular weight is 270 g/mol. The minimum absolute atomic E-state index is 0.0402. The summed E-state index contributed by atoms with van der Waals surface area (Å²) in [5, 5.41) is 2.94. The number of carbonyl (C=O) groups excluding carboxylic acids is 1. The van der Waals surface area contributed by atoms with Crippen LogP contribution in [0, 0.1) is 0 Å². The van der Waals surface area contributed by atoms with Crippen molar-refractivity contribution in [2.45, 2.75) is 31.1 Å². The molecule has 0 aliphatic rings. The third-order valence-corrected chi connectivity index (χ3v) is 2.55. The fourth-order valence-electron chi connectivity index (χ4n) is 1.38. The molecule has 2 atom stereocenters. The van der Waals surface area contributed by atoms with Crippen molar-refractivity contribution in [3.8, 4) is 0 Å². The zero-order chi connectivity index (χ0) is 11.3. The lowest BCUT2D eigenvalue weighted by Crippen LogP contribution is -2.37. The highest BCUT2D eigenvalue weighted by atomic mass is 79.9. The van der Waals surface area contributed by atoms with Gasteiger partial charge in [0.15, 0.2) is 0 Å². The molecule has 1 amide bonds. The minimum Gasteiger partial charge on any atom is -0.352 e. The molecule has 3 heteroatoms. The highest BCUT2D eigenvalue weighted by molar-refractivity contribution is 9.10. The first-order chi connectivity index (χ1) is 7.09. The zero-order valence-electron chi connectivity index (χ0n) is 9.03. The third-order valence-electron chi connectivity index (χ3n) is 2.13. The van der Waals surface area contributed by atoms with Crippen LogP contribution in [0.15, 0.2) is 30.3 Å². The van der Waals surface area contributed by atoms with E-state index in [9.17, 15) is 4.79 Å². The summed E-state index contributed by atoms with van der Waals surface area (Å²) < 4.78 is 0. The Bertz CT molecular complexity index is 311. The van der Waals surface area contributed by atoms with E-state index >= 15 is 0 Å². The van der Waals surface area contributed by atoms with E-state index in [1.165, 1.54) is 5.56 Å². The molecule has 0 fully saturated rings. The number of halogens is 1. The molecule has 2 nitrogen and oxygen atoms in total. The van der Waals surface area contributed by atoms with Crippen LogP contribution >= 0.6 is 15.9 Å². The van der Waals surface area contributed by atoms with Crippen LogP contribution in [0.5, 0.6) is 0 Å². The number of hydrogen-bond donors (Lipinski definition) is 1. The fourth-order valence-corrected chi connectivity index (χ4v) is 1.51. The van der Waals surface area contributed by atoms with E-state index in [1.807, 2.05) is 32.0 Å². The molecule has 82 valence electrons. The quantitative estimate of drug-likeness (QED) is 0.837. The van der Waals surface area contributed by atoms with Gasteiger partial charge in [0.05, 0.1) is 4.83 Å². The Labute approximate surface area is 99.2 Å². The lowest BCUT2D eigenvalue weighted by atomic mass is 10.1. The summed E-state index contributed by atoms with van der Waals surface area (Å²) in [6.07, 6.45) is 0.867. The van der Waals surface area contributed by atoms with Crippen molar-refractivity contribution in [3.63, 3.8) is 0 Å². The van der Waals surface area contributed by atoms with Crippen LogP contribution in [-0.2, 0) is 11.2 Å². The number of hydrogen-bond acceptors (Lipinski definition) is 1. The molecule has 1 aromatic carbocycles. The summed E-state index contributed by atoms with van der Waals surface area (Å²) >= 11 is 3.24. The molecule has 0 spiro atoms. The van der Waals surface area contributed by atoms with E-state index < -0.39 is 0 Å². The second-order valence-corrected chi connectivity index (χ2v) is 5.09. The Morgan fingerprint density at radius 3 is 2.47 bits per heavy atom. The van der Waals surface area contributed by atoms with Crippen LogP contribution in [0.25, 0.3) is 0 Å². The lowest BCUT2D eigenvalue weighted by molar-refractivity contribution is -0.120. The molecule has 0 aliphatic heterocycles. The van der Waals surface area contributed by atoms with Crippen molar-refractivity contribution in [1.29, 1.82) is 0 Å². The average Bonchev–Trinajstić information content (AvgIpc) is 2.18. The van der Waals surface area contributed by atoms with Gasteiger partial charge in [-0.05, 0) is 25.8 Å². The molecule has 0 aliphatic carbocycles. The van der Waals surface area contributed by atoms with Crippen LogP contribution in [0.3, 0.4) is 0 Å². The molecular formula is C12H16BrNO. The third kappa shape index (κ3) is 4.47. The van der Waals surface area contributed by atoms with Gasteiger partial charge in [0.1, 0.15) is 0 Å². The summed E-state index contributed by atoms with van der Waals surface area (Å²) in [5.74, 6) is 0.0402. The molecule has 2 unspecified atom stereocenters. The highest BCUT2D eigenvalue weighted by Crippen LogP contribution is 2.04. The Morgan fingerprint density at radius 2 is 1.93 bits per heavy atom. The second kappa shape index (κ2) is 5.91. The number of nitrogens with one attached hydrogen (secondary N) is 1. The molecular weight excluding hydrogens is 254 g/mol. The van der Waals surface area contributed by atoms with Crippen LogP contribution in [0.4, 0.5) is 0 Å². The largest absolute Gasteiger partial charge is 0.352 e. The van der Waals surface area contributed by atoms with Crippen molar-refractivity contribution in [3.05, 3.63) is 35.9 Å². The first-order valence-corrected chi connectivity index (χ1v) is 5.99. The minimum atomic E-state index is -0.129. The monoisotopic (exact) mass is 269 g/mol. The number of amides is 1. The molecule has 0 saturated heterocycles. The summed E-state index contributed by atoms with van der Waals surface area (Å²) in [4.78, 5) is 11.3. The van der Waals surface area contributed by atoms with Gasteiger partial charge in [0, 0.05) is 6.04 Å². The molecule has 0 radical (unpaired) electrons. The van der Waals surface area contributed by atoms with Crippen molar-refractivity contribution in [2.75, 3.05) is 0 Å². The molecule has 1 N–H and O–H groups in total. The predicted octanol–water partition coefficient (Wildman–Crippen LogP) is 2.52. The zero-order valence-corrected chi connectivity index (χ0v) is 10.6. The van der Waals surface area contributed by atoms with E-state index in [2.05, 4.69) is 33.4 Å². The number of rotatable bonds is 4. The van der Waals surface area contributed by atoms with Gasteiger partial charge >= 0.3 is 0 Å². The number of alkyl halides is 1. The second-order valence-electron chi connectivity index (χ2n) is 3.72. The number of carbonyl (C=O) groups is 1. The van der Waals surface area contributed by atoms with Gasteiger partial charge in [-0.15, -0.1) is 0 Å². The Hall–Kier alpha value is -0.830. The van der Waals surface area contributed by atoms with Crippen molar-refractivity contribution < 1.29 is 4.79 Å². The molecule has 1 rings (SSSR count). The Kier molecular flexibility index (Phi) is 4.82. The summed E-state index contributed by atoms with van der Waals surface area (Å²) in [6.45, 7) is 3.84. The Balaban J connectivity index is 2.43. The molecule has 15 heavy (non-hydrogen) atoms. The summed E-state index contributed by atoms with van der Waals surface area (Å²) in [7, 11) is 0. The van der Waals surface area contributed by atoms with Crippen LogP contribution < -0.4 is 5.32 Å². The lowest BCUT2D eigenvalue weighted by Gasteiger charge is -2.14. The SMILES string of the molecule is CC(Cc1ccccc1)NC(=O)C(C)Br. The Morgan fingerprint density at radius 1 is 1.33 bits per heavy atom. The van der Waals surface area contributed by atoms with Crippen molar-refractivity contribution >= 4 is 21.8 Å². The fraction of sp³-hybridized carbons (Fsp3) is 0.417. The normalized spacial score (nSPS) is 14.3. The van der Waals surface area contributed by atoms with E-state index in [0.29, 0.717) is 0 Å². The first-order valence-electron chi connectivity index (χ1n) is 5.08. The van der Waals surface area contributed by atoms with Gasteiger partial charge in [-0.2, -0.15) is 0 Å². The standard InChI is InChI=1S/C12H16BrNO/c1-9(14-12(15)10(2)13)8-11-6-4-3-5-7-11/h3-7,9-10H,8H2,1-2H3,(H,14,15). The molecule has 0 heterocycles. The first kappa shape index (κ1) is 12.2. The number of benzene rings is 1.